The van der Waals surface area contributed by atoms with Crippen LogP contribution in [-0.4, -0.2) is 33.5 Å². The van der Waals surface area contributed by atoms with E-state index in [2.05, 4.69) is 39.2 Å². The third kappa shape index (κ3) is 7.37. The molecule has 0 saturated carbocycles. The van der Waals surface area contributed by atoms with Gasteiger partial charge in [0.2, 0.25) is 0 Å². The molecule has 0 aliphatic heterocycles. The van der Waals surface area contributed by atoms with Gasteiger partial charge in [0.05, 0.1) is 13.2 Å². The summed E-state index contributed by atoms with van der Waals surface area (Å²) in [4.78, 5) is 11.1. The summed E-state index contributed by atoms with van der Waals surface area (Å²) < 4.78 is 10.9. The van der Waals surface area contributed by atoms with Crippen molar-refractivity contribution in [3.8, 4) is 0 Å². The molecule has 0 saturated heterocycles. The molecule has 0 aliphatic carbocycles. The van der Waals surface area contributed by atoms with Gasteiger partial charge in [0.1, 0.15) is 0 Å². The first-order chi connectivity index (χ1) is 8.60. The van der Waals surface area contributed by atoms with Crippen molar-refractivity contribution in [1.82, 2.24) is 5.32 Å². The molecule has 112 valence electrons. The zero-order chi connectivity index (χ0) is 15.1. The van der Waals surface area contributed by atoms with Gasteiger partial charge in [0, 0.05) is 18.3 Å². The van der Waals surface area contributed by atoms with Crippen LogP contribution in [0, 0.1) is 0 Å². The van der Waals surface area contributed by atoms with Crippen molar-refractivity contribution in [2.75, 3.05) is 13.2 Å². The van der Waals surface area contributed by atoms with Gasteiger partial charge >= 0.3 is 5.97 Å². The van der Waals surface area contributed by atoms with Crippen molar-refractivity contribution in [2.24, 2.45) is 0 Å². The van der Waals surface area contributed by atoms with Crippen LogP contribution in [-0.2, 0) is 14.0 Å². The Morgan fingerprint density at radius 3 is 2.42 bits per heavy atom. The molecule has 1 atom stereocenters. The fourth-order valence-corrected chi connectivity index (χ4v) is 2.17. The highest BCUT2D eigenvalue weighted by Crippen LogP contribution is 2.36. The van der Waals surface area contributed by atoms with Crippen LogP contribution in [0.4, 0.5) is 0 Å². The molecule has 5 heteroatoms. The molecule has 19 heavy (non-hydrogen) atoms. The molecule has 4 nitrogen and oxygen atoms in total. The Kier molecular flexibility index (Phi) is 7.37. The summed E-state index contributed by atoms with van der Waals surface area (Å²) >= 11 is 0. The number of hydrogen-bond donors (Lipinski definition) is 1. The molecule has 0 aliphatic rings. The quantitative estimate of drug-likeness (QED) is 0.444. The molecule has 0 unspecified atom stereocenters. The minimum Gasteiger partial charge on any atom is -0.463 e. The standard InChI is InChI=1S/C14H29NO3Si/c1-8-17-13(16)9-10-15-12(2)11-18-19(6,7)14(3,4)5/h9-10,12,15H,8,11H2,1-7H3/t12-/m0/s1. The molecule has 0 fully saturated rings. The predicted octanol–water partition coefficient (Wildman–Crippen LogP) is 3.06. The zero-order valence-electron chi connectivity index (χ0n) is 13.4. The van der Waals surface area contributed by atoms with Gasteiger partial charge in [0.25, 0.3) is 0 Å². The zero-order valence-corrected chi connectivity index (χ0v) is 14.4. The van der Waals surface area contributed by atoms with E-state index in [0.29, 0.717) is 13.2 Å². The van der Waals surface area contributed by atoms with Crippen molar-refractivity contribution in [3.05, 3.63) is 12.3 Å². The van der Waals surface area contributed by atoms with E-state index in [1.165, 1.54) is 6.08 Å². The Hall–Kier alpha value is -0.813. The minimum atomic E-state index is -1.70. The Labute approximate surface area is 118 Å². The fourth-order valence-electron chi connectivity index (χ4n) is 1.07. The molecular weight excluding hydrogens is 258 g/mol. The third-order valence-electron chi connectivity index (χ3n) is 3.39. The summed E-state index contributed by atoms with van der Waals surface area (Å²) in [6.07, 6.45) is 3.02. The molecule has 0 radical (unpaired) electrons. The lowest BCUT2D eigenvalue weighted by Crippen LogP contribution is -2.43. The Morgan fingerprint density at radius 2 is 1.95 bits per heavy atom. The second-order valence-corrected chi connectivity index (χ2v) is 11.0. The molecule has 0 rings (SSSR count). The topological polar surface area (TPSA) is 47.6 Å². The van der Waals surface area contributed by atoms with Crippen molar-refractivity contribution in [3.63, 3.8) is 0 Å². The summed E-state index contributed by atoms with van der Waals surface area (Å²) in [6.45, 7) is 16.0. The van der Waals surface area contributed by atoms with E-state index in [0.717, 1.165) is 0 Å². The maximum Gasteiger partial charge on any atom is 0.332 e. The van der Waals surface area contributed by atoms with E-state index >= 15 is 0 Å². The van der Waals surface area contributed by atoms with E-state index in [1.54, 1.807) is 13.1 Å². The first-order valence-electron chi connectivity index (χ1n) is 6.83. The minimum absolute atomic E-state index is 0.166. The first-order valence-corrected chi connectivity index (χ1v) is 9.74. The SMILES string of the molecule is CCOC(=O)C=CN[C@@H](C)CO[Si](C)(C)C(C)(C)C. The van der Waals surface area contributed by atoms with Crippen LogP contribution in [0.5, 0.6) is 0 Å². The van der Waals surface area contributed by atoms with Crippen LogP contribution in [0.15, 0.2) is 12.3 Å². The van der Waals surface area contributed by atoms with Gasteiger partial charge in [0.15, 0.2) is 8.32 Å². The van der Waals surface area contributed by atoms with E-state index in [9.17, 15) is 4.79 Å². The van der Waals surface area contributed by atoms with Gasteiger partial charge in [-0.1, -0.05) is 20.8 Å². The number of nitrogens with one attached hydrogen (secondary N) is 1. The van der Waals surface area contributed by atoms with Gasteiger partial charge in [-0.3, -0.25) is 0 Å². The van der Waals surface area contributed by atoms with E-state index in [4.69, 9.17) is 9.16 Å². The largest absolute Gasteiger partial charge is 0.463 e. The smallest absolute Gasteiger partial charge is 0.332 e. The number of rotatable bonds is 7. The second kappa shape index (κ2) is 7.70. The summed E-state index contributed by atoms with van der Waals surface area (Å²) in [5, 5.41) is 3.33. The van der Waals surface area contributed by atoms with E-state index in [1.807, 2.05) is 6.92 Å². The number of carbonyl (C=O) groups excluding carboxylic acids is 1. The first kappa shape index (κ1) is 18.2. The molecule has 1 N–H and O–H groups in total. The second-order valence-electron chi connectivity index (χ2n) is 6.22. The van der Waals surface area contributed by atoms with Gasteiger partial charge in [-0.25, -0.2) is 4.79 Å². The molecule has 0 aromatic rings. The van der Waals surface area contributed by atoms with Crippen molar-refractivity contribution < 1.29 is 14.0 Å². The molecule has 0 heterocycles. The van der Waals surface area contributed by atoms with Crippen LogP contribution < -0.4 is 5.32 Å². The van der Waals surface area contributed by atoms with Crippen molar-refractivity contribution in [2.45, 2.75) is 58.8 Å². The molecule has 0 spiro atoms. The lowest BCUT2D eigenvalue weighted by Gasteiger charge is -2.37. The predicted molar refractivity (Wildman–Crippen MR) is 81.5 cm³/mol. The number of ether oxygens (including phenoxy) is 1. The lowest BCUT2D eigenvalue weighted by molar-refractivity contribution is -0.137. The van der Waals surface area contributed by atoms with Gasteiger partial charge in [-0.15, -0.1) is 0 Å². The average Bonchev–Trinajstić information content (AvgIpc) is 2.25. The number of carbonyl (C=O) groups is 1. The lowest BCUT2D eigenvalue weighted by atomic mass is 10.2. The fraction of sp³-hybridized carbons (Fsp3) is 0.786. The Bertz CT molecular complexity index is 308. The average molecular weight is 287 g/mol. The normalized spacial score (nSPS) is 14.5. The van der Waals surface area contributed by atoms with Crippen molar-refractivity contribution >= 4 is 14.3 Å². The summed E-state index contributed by atoms with van der Waals surface area (Å²) in [6, 6.07) is 0.166. The van der Waals surface area contributed by atoms with Crippen LogP contribution in [0.25, 0.3) is 0 Å². The van der Waals surface area contributed by atoms with E-state index in [-0.39, 0.29) is 17.0 Å². The summed E-state index contributed by atoms with van der Waals surface area (Å²) in [7, 11) is -1.70. The van der Waals surface area contributed by atoms with Crippen LogP contribution >= 0.6 is 0 Å². The highest BCUT2D eigenvalue weighted by molar-refractivity contribution is 6.74. The van der Waals surface area contributed by atoms with Crippen LogP contribution in [0.1, 0.15) is 34.6 Å². The highest BCUT2D eigenvalue weighted by atomic mass is 28.4. The molecule has 0 aromatic heterocycles. The maximum absolute atomic E-state index is 11.1. The van der Waals surface area contributed by atoms with Crippen LogP contribution in [0.3, 0.4) is 0 Å². The summed E-state index contributed by atoms with van der Waals surface area (Å²) in [5.74, 6) is -0.326. The maximum atomic E-state index is 11.1. The summed E-state index contributed by atoms with van der Waals surface area (Å²) in [5.41, 5.74) is 0. The Balaban J connectivity index is 4.07. The molecule has 0 bridgehead atoms. The molecular formula is C14H29NO3Si. The monoisotopic (exact) mass is 287 g/mol. The van der Waals surface area contributed by atoms with E-state index < -0.39 is 8.32 Å². The van der Waals surface area contributed by atoms with Gasteiger partial charge in [-0.05, 0) is 32.0 Å². The van der Waals surface area contributed by atoms with Gasteiger partial charge in [-0.2, -0.15) is 0 Å². The third-order valence-corrected chi connectivity index (χ3v) is 7.89. The molecule has 0 amide bonds. The molecule has 0 aromatic carbocycles. The number of esters is 1. The van der Waals surface area contributed by atoms with Crippen molar-refractivity contribution in [1.29, 1.82) is 0 Å². The Morgan fingerprint density at radius 1 is 1.37 bits per heavy atom. The highest BCUT2D eigenvalue weighted by Gasteiger charge is 2.37. The van der Waals surface area contributed by atoms with Crippen LogP contribution in [0.2, 0.25) is 18.1 Å². The number of hydrogen-bond acceptors (Lipinski definition) is 4. The van der Waals surface area contributed by atoms with Gasteiger partial charge < -0.3 is 14.5 Å².